The third-order valence-corrected chi connectivity index (χ3v) is 3.60. The molecule has 23 heavy (non-hydrogen) atoms. The van der Waals surface area contributed by atoms with Gasteiger partial charge in [0, 0.05) is 12.6 Å². The third-order valence-electron chi connectivity index (χ3n) is 3.60. The van der Waals surface area contributed by atoms with E-state index >= 15 is 0 Å². The molecule has 0 saturated carbocycles. The lowest BCUT2D eigenvalue weighted by atomic mass is 10.2. The van der Waals surface area contributed by atoms with Gasteiger partial charge in [-0.1, -0.05) is 5.21 Å². The molecule has 7 nitrogen and oxygen atoms in total. The van der Waals surface area contributed by atoms with Crippen molar-refractivity contribution in [1.29, 1.82) is 0 Å². The Morgan fingerprint density at radius 2 is 2.09 bits per heavy atom. The number of rotatable bonds is 3. The Bertz CT molecular complexity index is 903. The van der Waals surface area contributed by atoms with Gasteiger partial charge in [-0.3, -0.25) is 0 Å². The summed E-state index contributed by atoms with van der Waals surface area (Å²) in [7, 11) is 0. The number of hydrogen-bond donors (Lipinski definition) is 0. The summed E-state index contributed by atoms with van der Waals surface area (Å²) in [5.74, 6) is 1.15. The van der Waals surface area contributed by atoms with Crippen LogP contribution in [0.15, 0.2) is 36.4 Å². The molecule has 2 heterocycles. The van der Waals surface area contributed by atoms with Gasteiger partial charge in [0.1, 0.15) is 11.3 Å². The maximum Gasteiger partial charge on any atom is 0.343 e. The van der Waals surface area contributed by atoms with Crippen LogP contribution in [0.5, 0.6) is 17.2 Å². The zero-order valence-corrected chi connectivity index (χ0v) is 12.4. The number of hydrogen-bond acceptors (Lipinski definition) is 6. The summed E-state index contributed by atoms with van der Waals surface area (Å²) in [5, 5.41) is 8.08. The smallest absolute Gasteiger partial charge is 0.343 e. The number of carbonyl (C=O) groups excluding carboxylic acids is 1. The van der Waals surface area contributed by atoms with Crippen LogP contribution in [0, 0.1) is 0 Å². The molecule has 0 unspecified atom stereocenters. The molecule has 0 amide bonds. The van der Waals surface area contributed by atoms with Crippen LogP contribution in [0.25, 0.3) is 11.0 Å². The minimum atomic E-state index is -0.461. The van der Waals surface area contributed by atoms with Crippen molar-refractivity contribution in [2.24, 2.45) is 0 Å². The molecule has 116 valence electrons. The van der Waals surface area contributed by atoms with Crippen molar-refractivity contribution in [2.45, 2.75) is 13.5 Å². The molecule has 3 aromatic rings. The summed E-state index contributed by atoms with van der Waals surface area (Å²) in [5.41, 5.74) is 1.96. The highest BCUT2D eigenvalue weighted by molar-refractivity contribution is 5.94. The number of nitrogens with zero attached hydrogens (tertiary/aromatic N) is 3. The van der Waals surface area contributed by atoms with Crippen LogP contribution < -0.4 is 14.2 Å². The standard InChI is InChI=1S/C16H13N3O4/c1-2-19-13-5-3-10(7-12(13)17-18-19)16(20)23-11-4-6-14-15(8-11)22-9-21-14/h3-8H,2,9H2,1H3. The molecule has 4 rings (SSSR count). The van der Waals surface area contributed by atoms with Gasteiger partial charge in [-0.15, -0.1) is 5.10 Å². The van der Waals surface area contributed by atoms with Crippen molar-refractivity contribution in [3.63, 3.8) is 0 Å². The van der Waals surface area contributed by atoms with E-state index in [1.165, 1.54) is 0 Å². The Labute approximate surface area is 131 Å². The Kier molecular flexibility index (Phi) is 3.11. The van der Waals surface area contributed by atoms with Gasteiger partial charge in [0.2, 0.25) is 6.79 Å². The minimum Gasteiger partial charge on any atom is -0.454 e. The first-order valence-corrected chi connectivity index (χ1v) is 7.19. The molecule has 1 aliphatic rings. The van der Waals surface area contributed by atoms with E-state index in [0.29, 0.717) is 28.3 Å². The summed E-state index contributed by atoms with van der Waals surface area (Å²) < 4.78 is 17.6. The average Bonchev–Trinajstić information content (AvgIpc) is 3.19. The molecule has 0 atom stereocenters. The summed E-state index contributed by atoms with van der Waals surface area (Å²) in [6.07, 6.45) is 0. The van der Waals surface area contributed by atoms with Crippen molar-refractivity contribution in [2.75, 3.05) is 6.79 Å². The van der Waals surface area contributed by atoms with Gasteiger partial charge in [0.05, 0.1) is 11.1 Å². The van der Waals surface area contributed by atoms with Crippen molar-refractivity contribution < 1.29 is 19.0 Å². The molecule has 0 aliphatic carbocycles. The fraction of sp³-hybridized carbons (Fsp3) is 0.188. The minimum absolute atomic E-state index is 0.177. The molecule has 1 aliphatic heterocycles. The fourth-order valence-electron chi connectivity index (χ4n) is 2.44. The Hall–Kier alpha value is -3.09. The molecule has 0 saturated heterocycles. The van der Waals surface area contributed by atoms with Gasteiger partial charge in [0.25, 0.3) is 0 Å². The van der Waals surface area contributed by atoms with Crippen LogP contribution in [0.2, 0.25) is 0 Å². The zero-order chi connectivity index (χ0) is 15.8. The van der Waals surface area contributed by atoms with Crippen LogP contribution in [-0.2, 0) is 6.54 Å². The van der Waals surface area contributed by atoms with E-state index in [0.717, 1.165) is 12.1 Å². The monoisotopic (exact) mass is 311 g/mol. The van der Waals surface area contributed by atoms with Gasteiger partial charge in [0.15, 0.2) is 11.5 Å². The topological polar surface area (TPSA) is 75.5 Å². The predicted molar refractivity (Wildman–Crippen MR) is 80.7 cm³/mol. The van der Waals surface area contributed by atoms with E-state index in [1.54, 1.807) is 35.0 Å². The number of ether oxygens (including phenoxy) is 3. The molecule has 1 aromatic heterocycles. The lowest BCUT2D eigenvalue weighted by Crippen LogP contribution is -2.08. The maximum absolute atomic E-state index is 12.3. The molecule has 0 fully saturated rings. The molecule has 0 N–H and O–H groups in total. The number of carbonyl (C=O) groups is 1. The van der Waals surface area contributed by atoms with Crippen LogP contribution in [0.4, 0.5) is 0 Å². The fourth-order valence-corrected chi connectivity index (χ4v) is 2.44. The molecule has 7 heteroatoms. The SMILES string of the molecule is CCn1nnc2cc(C(=O)Oc3ccc4c(c3)OCO4)ccc21. The lowest BCUT2D eigenvalue weighted by Gasteiger charge is -2.05. The first-order valence-electron chi connectivity index (χ1n) is 7.19. The van der Waals surface area contributed by atoms with Gasteiger partial charge in [-0.05, 0) is 37.3 Å². The molecular weight excluding hydrogens is 298 g/mol. The van der Waals surface area contributed by atoms with Gasteiger partial charge >= 0.3 is 5.97 Å². The van der Waals surface area contributed by atoms with Gasteiger partial charge in [-0.2, -0.15) is 0 Å². The van der Waals surface area contributed by atoms with E-state index < -0.39 is 5.97 Å². The Morgan fingerprint density at radius 1 is 1.22 bits per heavy atom. The highest BCUT2D eigenvalue weighted by Gasteiger charge is 2.16. The second-order valence-electron chi connectivity index (χ2n) is 5.01. The molecule has 0 spiro atoms. The van der Waals surface area contributed by atoms with Gasteiger partial charge in [-0.25, -0.2) is 9.48 Å². The summed E-state index contributed by atoms with van der Waals surface area (Å²) >= 11 is 0. The Morgan fingerprint density at radius 3 is 2.96 bits per heavy atom. The molecule has 0 bridgehead atoms. The number of fused-ring (bicyclic) bond motifs is 2. The predicted octanol–water partition coefficient (Wildman–Crippen LogP) is 2.40. The van der Waals surface area contributed by atoms with E-state index in [-0.39, 0.29) is 6.79 Å². The third kappa shape index (κ3) is 2.36. The van der Waals surface area contributed by atoms with E-state index in [9.17, 15) is 4.79 Å². The lowest BCUT2D eigenvalue weighted by molar-refractivity contribution is 0.0734. The van der Waals surface area contributed by atoms with Crippen molar-refractivity contribution in [3.8, 4) is 17.2 Å². The van der Waals surface area contributed by atoms with E-state index in [4.69, 9.17) is 14.2 Å². The number of esters is 1. The van der Waals surface area contributed by atoms with Crippen molar-refractivity contribution in [1.82, 2.24) is 15.0 Å². The van der Waals surface area contributed by atoms with E-state index in [1.807, 2.05) is 13.0 Å². The summed E-state index contributed by atoms with van der Waals surface area (Å²) in [6, 6.07) is 10.2. The van der Waals surface area contributed by atoms with Gasteiger partial charge < -0.3 is 14.2 Å². The van der Waals surface area contributed by atoms with Crippen molar-refractivity contribution >= 4 is 17.0 Å². The highest BCUT2D eigenvalue weighted by atomic mass is 16.7. The molecular formula is C16H13N3O4. The largest absolute Gasteiger partial charge is 0.454 e. The number of aryl methyl sites for hydroxylation is 1. The quantitative estimate of drug-likeness (QED) is 0.546. The van der Waals surface area contributed by atoms with E-state index in [2.05, 4.69) is 10.3 Å². The number of benzene rings is 2. The normalized spacial score (nSPS) is 12.6. The highest BCUT2D eigenvalue weighted by Crippen LogP contribution is 2.35. The summed E-state index contributed by atoms with van der Waals surface area (Å²) in [6.45, 7) is 2.88. The number of aromatic nitrogens is 3. The Balaban J connectivity index is 1.59. The van der Waals surface area contributed by atoms with Crippen LogP contribution in [0.1, 0.15) is 17.3 Å². The second kappa shape index (κ2) is 5.28. The molecule has 0 radical (unpaired) electrons. The average molecular weight is 311 g/mol. The first-order chi connectivity index (χ1) is 11.2. The zero-order valence-electron chi connectivity index (χ0n) is 12.4. The first kappa shape index (κ1) is 13.6. The molecule has 2 aromatic carbocycles. The second-order valence-corrected chi connectivity index (χ2v) is 5.01. The van der Waals surface area contributed by atoms with Crippen LogP contribution in [0.3, 0.4) is 0 Å². The summed E-state index contributed by atoms with van der Waals surface area (Å²) in [4.78, 5) is 12.3. The van der Waals surface area contributed by atoms with Crippen LogP contribution >= 0.6 is 0 Å². The maximum atomic E-state index is 12.3. The van der Waals surface area contributed by atoms with Crippen LogP contribution in [-0.4, -0.2) is 27.8 Å². The van der Waals surface area contributed by atoms with Crippen molar-refractivity contribution in [3.05, 3.63) is 42.0 Å².